The van der Waals surface area contributed by atoms with Gasteiger partial charge in [0, 0.05) is 0 Å². The van der Waals surface area contributed by atoms with E-state index in [1.54, 1.807) is 6.08 Å². The van der Waals surface area contributed by atoms with Crippen molar-refractivity contribution < 1.29 is 22.6 Å². The molecule has 0 unspecified atom stereocenters. The van der Waals surface area contributed by atoms with Gasteiger partial charge in [-0.15, -0.1) is 0 Å². The number of hydrogen-bond acceptors (Lipinski definition) is 2. The average Bonchev–Trinajstić information content (AvgIpc) is 2.24. The lowest BCUT2D eigenvalue weighted by molar-refractivity contribution is -0.153. The lowest BCUT2D eigenvalue weighted by Gasteiger charge is -2.09. The van der Waals surface area contributed by atoms with Crippen LogP contribution in [0.15, 0.2) is 36.9 Å². The van der Waals surface area contributed by atoms with Crippen molar-refractivity contribution in [3.8, 4) is 11.5 Å². The van der Waals surface area contributed by atoms with E-state index in [1.165, 1.54) is 24.3 Å². The van der Waals surface area contributed by atoms with E-state index in [0.717, 1.165) is 0 Å². The first kappa shape index (κ1) is 12.4. The molecule has 0 radical (unpaired) electrons. The monoisotopic (exact) mass is 232 g/mol. The molecular formula is C11H11F3O2. The van der Waals surface area contributed by atoms with Gasteiger partial charge in [0.15, 0.2) is 6.61 Å². The molecule has 0 saturated carbocycles. The maximum Gasteiger partial charge on any atom is 0.422 e. The predicted octanol–water partition coefficient (Wildman–Crippen LogP) is 3.19. The Kier molecular flexibility index (Phi) is 4.22. The molecule has 0 saturated heterocycles. The van der Waals surface area contributed by atoms with Crippen LogP contribution in [0.4, 0.5) is 13.2 Å². The number of ether oxygens (including phenoxy) is 2. The quantitative estimate of drug-likeness (QED) is 0.726. The molecule has 0 bridgehead atoms. The fourth-order valence-electron chi connectivity index (χ4n) is 0.952. The molecule has 1 aromatic carbocycles. The van der Waals surface area contributed by atoms with Crippen molar-refractivity contribution in [3.05, 3.63) is 36.9 Å². The van der Waals surface area contributed by atoms with Crippen LogP contribution in [-0.4, -0.2) is 19.4 Å². The molecule has 0 aliphatic rings. The van der Waals surface area contributed by atoms with Gasteiger partial charge in [0.1, 0.15) is 18.1 Å². The maximum atomic E-state index is 11.8. The van der Waals surface area contributed by atoms with E-state index in [4.69, 9.17) is 4.74 Å². The Morgan fingerprint density at radius 2 is 1.56 bits per heavy atom. The lowest BCUT2D eigenvalue weighted by atomic mass is 10.3. The van der Waals surface area contributed by atoms with Gasteiger partial charge in [0.25, 0.3) is 0 Å². The fourth-order valence-corrected chi connectivity index (χ4v) is 0.952. The molecule has 0 aliphatic heterocycles. The van der Waals surface area contributed by atoms with E-state index in [2.05, 4.69) is 11.3 Å². The van der Waals surface area contributed by atoms with E-state index in [9.17, 15) is 13.2 Å². The van der Waals surface area contributed by atoms with Gasteiger partial charge in [-0.3, -0.25) is 0 Å². The minimum atomic E-state index is -4.32. The van der Waals surface area contributed by atoms with Gasteiger partial charge in [-0.1, -0.05) is 12.7 Å². The Hall–Kier alpha value is -1.65. The first-order chi connectivity index (χ1) is 7.51. The van der Waals surface area contributed by atoms with Crippen LogP contribution in [0, 0.1) is 0 Å². The SMILES string of the molecule is C=CCOc1ccc(OCC(F)(F)F)cc1. The van der Waals surface area contributed by atoms with Crippen molar-refractivity contribution in [2.45, 2.75) is 6.18 Å². The molecule has 0 fully saturated rings. The summed E-state index contributed by atoms with van der Waals surface area (Å²) in [4.78, 5) is 0. The highest BCUT2D eigenvalue weighted by molar-refractivity contribution is 5.31. The minimum Gasteiger partial charge on any atom is -0.490 e. The Bertz CT molecular complexity index is 330. The number of rotatable bonds is 5. The summed E-state index contributed by atoms with van der Waals surface area (Å²) in [6.07, 6.45) is -2.74. The van der Waals surface area contributed by atoms with Crippen molar-refractivity contribution in [1.82, 2.24) is 0 Å². The zero-order valence-corrected chi connectivity index (χ0v) is 8.46. The molecule has 1 aromatic rings. The highest BCUT2D eigenvalue weighted by Gasteiger charge is 2.28. The lowest BCUT2D eigenvalue weighted by Crippen LogP contribution is -2.19. The molecule has 16 heavy (non-hydrogen) atoms. The molecule has 0 amide bonds. The topological polar surface area (TPSA) is 18.5 Å². The van der Waals surface area contributed by atoms with Crippen LogP contribution in [-0.2, 0) is 0 Å². The van der Waals surface area contributed by atoms with Crippen molar-refractivity contribution in [2.24, 2.45) is 0 Å². The minimum absolute atomic E-state index is 0.156. The molecule has 0 heterocycles. The van der Waals surface area contributed by atoms with E-state index < -0.39 is 12.8 Å². The second kappa shape index (κ2) is 5.44. The number of benzene rings is 1. The van der Waals surface area contributed by atoms with Crippen molar-refractivity contribution >= 4 is 0 Å². The first-order valence-corrected chi connectivity index (χ1v) is 4.54. The molecule has 0 N–H and O–H groups in total. The van der Waals surface area contributed by atoms with Gasteiger partial charge < -0.3 is 9.47 Å². The molecular weight excluding hydrogens is 221 g/mol. The van der Waals surface area contributed by atoms with E-state index in [-0.39, 0.29) is 5.75 Å². The van der Waals surface area contributed by atoms with Crippen molar-refractivity contribution in [2.75, 3.05) is 13.2 Å². The molecule has 0 atom stereocenters. The van der Waals surface area contributed by atoms with Gasteiger partial charge >= 0.3 is 6.18 Å². The highest BCUT2D eigenvalue weighted by Crippen LogP contribution is 2.21. The summed E-state index contributed by atoms with van der Waals surface area (Å²) < 4.78 is 45.2. The summed E-state index contributed by atoms with van der Waals surface area (Å²) in [7, 11) is 0. The van der Waals surface area contributed by atoms with Crippen LogP contribution in [0.25, 0.3) is 0 Å². The second-order valence-electron chi connectivity index (χ2n) is 2.97. The van der Waals surface area contributed by atoms with Crippen LogP contribution in [0.5, 0.6) is 11.5 Å². The van der Waals surface area contributed by atoms with Crippen LogP contribution in [0.2, 0.25) is 0 Å². The molecule has 5 heteroatoms. The summed E-state index contributed by atoms with van der Waals surface area (Å²) in [5.74, 6) is 0.711. The smallest absolute Gasteiger partial charge is 0.422 e. The fraction of sp³-hybridized carbons (Fsp3) is 0.273. The maximum absolute atomic E-state index is 11.8. The standard InChI is InChI=1S/C11H11F3O2/c1-2-7-15-9-3-5-10(6-4-9)16-8-11(12,13)14/h2-6H,1,7-8H2. The van der Waals surface area contributed by atoms with Gasteiger partial charge in [0.05, 0.1) is 0 Å². The second-order valence-corrected chi connectivity index (χ2v) is 2.97. The molecule has 0 spiro atoms. The van der Waals surface area contributed by atoms with Crippen LogP contribution >= 0.6 is 0 Å². The summed E-state index contributed by atoms with van der Waals surface area (Å²) in [5, 5.41) is 0. The third-order valence-corrected chi connectivity index (χ3v) is 1.59. The third kappa shape index (κ3) is 4.72. The van der Waals surface area contributed by atoms with E-state index >= 15 is 0 Å². The molecule has 2 nitrogen and oxygen atoms in total. The summed E-state index contributed by atoms with van der Waals surface area (Å²) in [5.41, 5.74) is 0. The van der Waals surface area contributed by atoms with E-state index in [1.807, 2.05) is 0 Å². The van der Waals surface area contributed by atoms with Gasteiger partial charge in [-0.2, -0.15) is 13.2 Å². The third-order valence-electron chi connectivity index (χ3n) is 1.59. The zero-order valence-electron chi connectivity index (χ0n) is 8.46. The average molecular weight is 232 g/mol. The van der Waals surface area contributed by atoms with Crippen molar-refractivity contribution in [3.63, 3.8) is 0 Å². The summed E-state index contributed by atoms with van der Waals surface area (Å²) in [6.45, 7) is 2.53. The van der Waals surface area contributed by atoms with E-state index in [0.29, 0.717) is 12.4 Å². The normalized spacial score (nSPS) is 10.9. The highest BCUT2D eigenvalue weighted by atomic mass is 19.4. The first-order valence-electron chi connectivity index (χ1n) is 4.54. The Labute approximate surface area is 91.3 Å². The molecule has 88 valence electrons. The molecule has 0 aliphatic carbocycles. The number of alkyl halides is 3. The Balaban J connectivity index is 2.48. The number of halogens is 3. The van der Waals surface area contributed by atoms with Gasteiger partial charge in [-0.05, 0) is 24.3 Å². The van der Waals surface area contributed by atoms with Crippen LogP contribution < -0.4 is 9.47 Å². The van der Waals surface area contributed by atoms with Crippen molar-refractivity contribution in [1.29, 1.82) is 0 Å². The Morgan fingerprint density at radius 3 is 2.00 bits per heavy atom. The van der Waals surface area contributed by atoms with Crippen LogP contribution in [0.3, 0.4) is 0 Å². The predicted molar refractivity (Wildman–Crippen MR) is 53.7 cm³/mol. The van der Waals surface area contributed by atoms with Gasteiger partial charge in [0.2, 0.25) is 0 Å². The van der Waals surface area contributed by atoms with Crippen LogP contribution in [0.1, 0.15) is 0 Å². The molecule has 1 rings (SSSR count). The summed E-state index contributed by atoms with van der Waals surface area (Å²) in [6, 6.07) is 5.92. The van der Waals surface area contributed by atoms with Gasteiger partial charge in [-0.25, -0.2) is 0 Å². The zero-order chi connectivity index (χ0) is 12.0. The molecule has 0 aromatic heterocycles. The Morgan fingerprint density at radius 1 is 1.06 bits per heavy atom. The largest absolute Gasteiger partial charge is 0.490 e. The summed E-state index contributed by atoms with van der Waals surface area (Å²) >= 11 is 0. The number of hydrogen-bond donors (Lipinski definition) is 0.